The van der Waals surface area contributed by atoms with Gasteiger partial charge in [0.25, 0.3) is 0 Å². The minimum atomic E-state index is -0.397. The first kappa shape index (κ1) is 23.6. The first-order valence-electron chi connectivity index (χ1n) is 12.3. The molecular weight excluding hydrogens is 444 g/mol. The monoisotopic (exact) mass is 476 g/mol. The molecule has 182 valence electrons. The minimum Gasteiger partial charge on any atom is -0.464 e. The third kappa shape index (κ3) is 4.31. The van der Waals surface area contributed by atoms with E-state index >= 15 is 0 Å². The van der Waals surface area contributed by atoms with E-state index in [0.717, 1.165) is 56.6 Å². The van der Waals surface area contributed by atoms with Crippen molar-refractivity contribution in [3.8, 4) is 11.5 Å². The van der Waals surface area contributed by atoms with Gasteiger partial charge in [0.1, 0.15) is 11.5 Å². The maximum absolute atomic E-state index is 6.84. The third-order valence-electron chi connectivity index (χ3n) is 6.60. The highest BCUT2D eigenvalue weighted by atomic mass is 16.5. The molecule has 4 nitrogen and oxygen atoms in total. The van der Waals surface area contributed by atoms with Gasteiger partial charge in [-0.2, -0.15) is 0 Å². The lowest BCUT2D eigenvalue weighted by molar-refractivity contribution is 0.236. The molecule has 0 saturated heterocycles. The van der Waals surface area contributed by atoms with Crippen molar-refractivity contribution < 1.29 is 9.47 Å². The predicted molar refractivity (Wildman–Crippen MR) is 147 cm³/mol. The van der Waals surface area contributed by atoms with Gasteiger partial charge in [-0.15, -0.1) is 0 Å². The van der Waals surface area contributed by atoms with E-state index in [1.807, 2.05) is 36.4 Å². The third-order valence-corrected chi connectivity index (χ3v) is 6.60. The lowest BCUT2D eigenvalue weighted by Crippen LogP contribution is -2.46. The van der Waals surface area contributed by atoms with Gasteiger partial charge in [0.2, 0.25) is 12.1 Å². The summed E-state index contributed by atoms with van der Waals surface area (Å²) in [6.07, 6.45) is -0.397. The van der Waals surface area contributed by atoms with E-state index in [9.17, 15) is 0 Å². The zero-order chi connectivity index (χ0) is 25.2. The molecule has 36 heavy (non-hydrogen) atoms. The summed E-state index contributed by atoms with van der Waals surface area (Å²) in [5.41, 5.74) is 7.39. The molecule has 0 N–H and O–H groups in total. The van der Waals surface area contributed by atoms with Gasteiger partial charge in [-0.25, -0.2) is 10.0 Å². The second kappa shape index (κ2) is 9.82. The second-order valence-electron chi connectivity index (χ2n) is 9.33. The molecule has 0 bridgehead atoms. The molecule has 1 heterocycles. The molecule has 0 fully saturated rings. The zero-order valence-electron chi connectivity index (χ0n) is 21.5. The molecular formula is C32H32N2O2. The summed E-state index contributed by atoms with van der Waals surface area (Å²) in [5, 5.41) is 4.31. The van der Waals surface area contributed by atoms with Crippen LogP contribution in [0.4, 0.5) is 11.4 Å². The van der Waals surface area contributed by atoms with Gasteiger partial charge in [0, 0.05) is 0 Å². The number of aryl methyl sites for hydroxylation is 4. The molecule has 0 aliphatic carbocycles. The molecule has 1 aliphatic rings. The summed E-state index contributed by atoms with van der Waals surface area (Å²) in [6, 6.07) is 33.1. The van der Waals surface area contributed by atoms with Crippen molar-refractivity contribution in [3.63, 3.8) is 0 Å². The van der Waals surface area contributed by atoms with E-state index in [2.05, 4.69) is 105 Å². The Morgan fingerprint density at radius 1 is 0.528 bits per heavy atom. The van der Waals surface area contributed by atoms with Gasteiger partial charge < -0.3 is 9.47 Å². The number of hydrazine groups is 1. The van der Waals surface area contributed by atoms with Crippen molar-refractivity contribution >= 4 is 11.4 Å². The highest BCUT2D eigenvalue weighted by molar-refractivity contribution is 5.67. The van der Waals surface area contributed by atoms with E-state index < -0.39 is 6.23 Å². The van der Waals surface area contributed by atoms with Crippen molar-refractivity contribution in [2.45, 2.75) is 40.8 Å². The summed E-state index contributed by atoms with van der Waals surface area (Å²) in [7, 11) is 0. The Morgan fingerprint density at radius 2 is 1.00 bits per heavy atom. The normalized spacial score (nSPS) is 15.4. The summed E-state index contributed by atoms with van der Waals surface area (Å²) >= 11 is 0. The Morgan fingerprint density at radius 3 is 1.53 bits per heavy atom. The van der Waals surface area contributed by atoms with E-state index in [0.29, 0.717) is 0 Å². The molecule has 0 spiro atoms. The number of anilines is 2. The molecule has 0 amide bonds. The maximum Gasteiger partial charge on any atom is 0.224 e. The fourth-order valence-electron chi connectivity index (χ4n) is 4.72. The van der Waals surface area contributed by atoms with Crippen molar-refractivity contribution in [3.05, 3.63) is 131 Å². The van der Waals surface area contributed by atoms with Crippen molar-refractivity contribution in [1.29, 1.82) is 0 Å². The molecule has 5 rings (SSSR count). The Labute approximate surface area is 214 Å². The number of hydrogen-bond acceptors (Lipinski definition) is 4. The van der Waals surface area contributed by atoms with Crippen LogP contribution in [-0.4, -0.2) is 6.23 Å². The first-order valence-corrected chi connectivity index (χ1v) is 12.3. The largest absolute Gasteiger partial charge is 0.464 e. The van der Waals surface area contributed by atoms with Crippen LogP contribution in [0, 0.1) is 27.7 Å². The first-order chi connectivity index (χ1) is 17.5. The lowest BCUT2D eigenvalue weighted by atomic mass is 10.1. The second-order valence-corrected chi connectivity index (χ2v) is 9.33. The van der Waals surface area contributed by atoms with Crippen LogP contribution in [0.25, 0.3) is 0 Å². The highest BCUT2D eigenvalue weighted by Gasteiger charge is 2.42. The average molecular weight is 477 g/mol. The Kier molecular flexibility index (Phi) is 6.43. The average Bonchev–Trinajstić information content (AvgIpc) is 3.16. The van der Waals surface area contributed by atoms with E-state index in [-0.39, 0.29) is 0 Å². The van der Waals surface area contributed by atoms with Crippen LogP contribution < -0.4 is 19.5 Å². The van der Waals surface area contributed by atoms with Crippen LogP contribution in [0.5, 0.6) is 11.5 Å². The topological polar surface area (TPSA) is 24.9 Å². The standard InChI is InChI=1S/C32H32N2O2/c1-22-14-12-15-23(2)29(22)35-31-26(5)32(36-30-24(3)16-13-17-25(30)4)34(28-20-10-7-11-21-28)33(31)27-18-8-6-9-19-27/h6-21,31H,1-5H3. The molecule has 0 aromatic heterocycles. The predicted octanol–water partition coefficient (Wildman–Crippen LogP) is 7.88. The Hall–Kier alpha value is -4.18. The van der Waals surface area contributed by atoms with Crippen molar-refractivity contribution in [2.24, 2.45) is 0 Å². The summed E-state index contributed by atoms with van der Waals surface area (Å²) in [5.74, 6) is 2.51. The fraction of sp³-hybridized carbons (Fsp3) is 0.188. The quantitative estimate of drug-likeness (QED) is 0.283. The van der Waals surface area contributed by atoms with Gasteiger partial charge in [-0.1, -0.05) is 72.8 Å². The molecule has 0 radical (unpaired) electrons. The molecule has 4 aromatic rings. The van der Waals surface area contributed by atoms with Crippen molar-refractivity contribution in [1.82, 2.24) is 0 Å². The number of para-hydroxylation sites is 4. The fourth-order valence-corrected chi connectivity index (χ4v) is 4.72. The molecule has 4 heteroatoms. The number of hydrogen-bond donors (Lipinski definition) is 0. The summed E-state index contributed by atoms with van der Waals surface area (Å²) in [4.78, 5) is 0. The highest BCUT2D eigenvalue weighted by Crippen LogP contribution is 2.41. The molecule has 0 saturated carbocycles. The number of rotatable bonds is 6. The molecule has 4 aromatic carbocycles. The number of benzene rings is 4. The van der Waals surface area contributed by atoms with Crippen LogP contribution in [0.15, 0.2) is 109 Å². The van der Waals surface area contributed by atoms with Gasteiger partial charge in [-0.05, 0) is 81.1 Å². The molecule has 1 unspecified atom stereocenters. The molecule has 1 aliphatic heterocycles. The lowest BCUT2D eigenvalue weighted by Gasteiger charge is -2.36. The smallest absolute Gasteiger partial charge is 0.224 e. The van der Waals surface area contributed by atoms with E-state index in [4.69, 9.17) is 9.47 Å². The zero-order valence-corrected chi connectivity index (χ0v) is 21.5. The van der Waals surface area contributed by atoms with Crippen LogP contribution in [0.1, 0.15) is 29.2 Å². The SMILES string of the molecule is CC1=C(Oc2c(C)cccc2C)N(c2ccccc2)N(c2ccccc2)C1Oc1c(C)cccc1C. The number of ether oxygens (including phenoxy) is 2. The van der Waals surface area contributed by atoms with E-state index in [1.165, 1.54) is 0 Å². The van der Waals surface area contributed by atoms with Crippen molar-refractivity contribution in [2.75, 3.05) is 10.0 Å². The van der Waals surface area contributed by atoms with Crippen LogP contribution in [-0.2, 0) is 0 Å². The summed E-state index contributed by atoms with van der Waals surface area (Å²) < 4.78 is 13.6. The van der Waals surface area contributed by atoms with E-state index in [1.54, 1.807) is 0 Å². The van der Waals surface area contributed by atoms with Gasteiger partial charge >= 0.3 is 0 Å². The Balaban J connectivity index is 1.69. The van der Waals surface area contributed by atoms with Gasteiger partial charge in [-0.3, -0.25) is 0 Å². The van der Waals surface area contributed by atoms with Crippen LogP contribution in [0.2, 0.25) is 0 Å². The van der Waals surface area contributed by atoms with Crippen LogP contribution >= 0.6 is 0 Å². The molecule has 1 atom stereocenters. The van der Waals surface area contributed by atoms with Crippen LogP contribution in [0.3, 0.4) is 0 Å². The van der Waals surface area contributed by atoms with Gasteiger partial charge in [0.15, 0.2) is 0 Å². The minimum absolute atomic E-state index is 0.397. The number of nitrogens with zero attached hydrogens (tertiary/aromatic N) is 2. The Bertz CT molecular complexity index is 1360. The maximum atomic E-state index is 6.84. The summed E-state index contributed by atoms with van der Waals surface area (Å²) in [6.45, 7) is 10.4. The van der Waals surface area contributed by atoms with Gasteiger partial charge in [0.05, 0.1) is 16.9 Å².